The number of hydrazine groups is 1. The van der Waals surface area contributed by atoms with E-state index >= 15 is 0 Å². The Labute approximate surface area is 119 Å². The Kier molecular flexibility index (Phi) is 4.76. The molecule has 0 bridgehead atoms. The number of nitrogens with one attached hydrogen (secondary N) is 1. The van der Waals surface area contributed by atoms with Crippen LogP contribution in [0.3, 0.4) is 0 Å². The van der Waals surface area contributed by atoms with Crippen LogP contribution in [-0.2, 0) is 6.42 Å². The molecule has 3 N–H and O–H groups in total. The summed E-state index contributed by atoms with van der Waals surface area (Å²) in [5.74, 6) is 3.44. The van der Waals surface area contributed by atoms with E-state index in [9.17, 15) is 8.78 Å². The van der Waals surface area contributed by atoms with Gasteiger partial charge in [0.25, 0.3) is 0 Å². The molecule has 1 aliphatic rings. The lowest BCUT2D eigenvalue weighted by Gasteiger charge is -2.34. The van der Waals surface area contributed by atoms with Gasteiger partial charge in [-0.15, -0.1) is 0 Å². The highest BCUT2D eigenvalue weighted by Crippen LogP contribution is 2.38. The number of hydrogen-bond acceptors (Lipinski definition) is 2. The molecular weight excluding hydrogens is 258 g/mol. The zero-order valence-corrected chi connectivity index (χ0v) is 12.3. The van der Waals surface area contributed by atoms with Crippen molar-refractivity contribution in [3.63, 3.8) is 0 Å². The number of rotatable bonds is 4. The molecule has 20 heavy (non-hydrogen) atoms. The van der Waals surface area contributed by atoms with Crippen molar-refractivity contribution < 1.29 is 8.78 Å². The number of alkyl halides is 2. The Hall–Kier alpha value is -1.00. The summed E-state index contributed by atoms with van der Waals surface area (Å²) in [6, 6.07) is 6.29. The van der Waals surface area contributed by atoms with Crippen LogP contribution >= 0.6 is 0 Å². The molecule has 2 nitrogen and oxygen atoms in total. The van der Waals surface area contributed by atoms with Gasteiger partial charge < -0.3 is 0 Å². The molecule has 1 saturated carbocycles. The standard InChI is InChI=1S/C16H24F2N2/c1-11-4-3-5-12(2)14(11)10-15(20-19)13-6-8-16(17,18)9-7-13/h3-5,13,15,20H,6-10,19H2,1-2H3. The fourth-order valence-corrected chi connectivity index (χ4v) is 3.22. The van der Waals surface area contributed by atoms with E-state index in [2.05, 4.69) is 31.4 Å². The Morgan fingerprint density at radius 2 is 1.80 bits per heavy atom. The summed E-state index contributed by atoms with van der Waals surface area (Å²) in [6.45, 7) is 4.18. The lowest BCUT2D eigenvalue weighted by molar-refractivity contribution is -0.0495. The molecule has 0 heterocycles. The maximum Gasteiger partial charge on any atom is 0.248 e. The second-order valence-corrected chi connectivity index (χ2v) is 6.04. The summed E-state index contributed by atoms with van der Waals surface area (Å²) in [7, 11) is 0. The van der Waals surface area contributed by atoms with Gasteiger partial charge in [0.15, 0.2) is 0 Å². The molecular formula is C16H24F2N2. The fourth-order valence-electron chi connectivity index (χ4n) is 3.22. The van der Waals surface area contributed by atoms with E-state index in [1.165, 1.54) is 16.7 Å². The van der Waals surface area contributed by atoms with Gasteiger partial charge in [0.1, 0.15) is 0 Å². The van der Waals surface area contributed by atoms with E-state index < -0.39 is 5.92 Å². The molecule has 1 fully saturated rings. The second kappa shape index (κ2) is 6.19. The van der Waals surface area contributed by atoms with Crippen molar-refractivity contribution in [3.8, 4) is 0 Å². The minimum Gasteiger partial charge on any atom is -0.271 e. The van der Waals surface area contributed by atoms with Crippen LogP contribution in [0.4, 0.5) is 8.78 Å². The quantitative estimate of drug-likeness (QED) is 0.655. The molecule has 0 aromatic heterocycles. The predicted molar refractivity (Wildman–Crippen MR) is 77.6 cm³/mol. The van der Waals surface area contributed by atoms with Gasteiger partial charge in [-0.1, -0.05) is 18.2 Å². The molecule has 1 atom stereocenters. The van der Waals surface area contributed by atoms with Gasteiger partial charge in [-0.05, 0) is 55.7 Å². The minimum atomic E-state index is -2.48. The Morgan fingerprint density at radius 1 is 1.25 bits per heavy atom. The molecule has 0 saturated heterocycles. The summed E-state index contributed by atoms with van der Waals surface area (Å²) in [5, 5.41) is 0. The SMILES string of the molecule is Cc1cccc(C)c1CC(NN)C1CCC(F)(F)CC1. The number of halogens is 2. The molecule has 0 aliphatic heterocycles. The number of hydrogen-bond donors (Lipinski definition) is 2. The van der Waals surface area contributed by atoms with Gasteiger partial charge in [0, 0.05) is 18.9 Å². The first-order valence-corrected chi connectivity index (χ1v) is 7.32. The highest BCUT2D eigenvalue weighted by molar-refractivity contribution is 5.34. The lowest BCUT2D eigenvalue weighted by Crippen LogP contribution is -2.45. The van der Waals surface area contributed by atoms with Gasteiger partial charge in [-0.2, -0.15) is 0 Å². The molecule has 0 amide bonds. The summed E-state index contributed by atoms with van der Waals surface area (Å²) < 4.78 is 26.5. The van der Waals surface area contributed by atoms with Crippen LogP contribution in [0.25, 0.3) is 0 Å². The molecule has 112 valence electrons. The molecule has 1 aromatic rings. The Bertz CT molecular complexity index is 430. The van der Waals surface area contributed by atoms with E-state index in [4.69, 9.17) is 5.84 Å². The van der Waals surface area contributed by atoms with Crippen molar-refractivity contribution in [1.82, 2.24) is 5.43 Å². The third-order valence-electron chi connectivity index (χ3n) is 4.61. The highest BCUT2D eigenvalue weighted by Gasteiger charge is 2.37. The smallest absolute Gasteiger partial charge is 0.248 e. The van der Waals surface area contributed by atoms with Gasteiger partial charge in [0.05, 0.1) is 0 Å². The molecule has 1 aromatic carbocycles. The molecule has 1 aliphatic carbocycles. The summed E-state index contributed by atoms with van der Waals surface area (Å²) >= 11 is 0. The van der Waals surface area contributed by atoms with Crippen molar-refractivity contribution in [2.45, 2.75) is 57.9 Å². The zero-order valence-electron chi connectivity index (χ0n) is 12.3. The van der Waals surface area contributed by atoms with Crippen LogP contribution in [0.15, 0.2) is 18.2 Å². The first-order valence-electron chi connectivity index (χ1n) is 7.32. The van der Waals surface area contributed by atoms with Crippen molar-refractivity contribution in [2.24, 2.45) is 11.8 Å². The molecule has 2 rings (SSSR count). The van der Waals surface area contributed by atoms with E-state index in [0.717, 1.165) is 6.42 Å². The van der Waals surface area contributed by atoms with Crippen LogP contribution in [0.1, 0.15) is 42.4 Å². The van der Waals surface area contributed by atoms with E-state index in [-0.39, 0.29) is 24.8 Å². The van der Waals surface area contributed by atoms with E-state index in [1.807, 2.05) is 6.07 Å². The third-order valence-corrected chi connectivity index (χ3v) is 4.61. The van der Waals surface area contributed by atoms with Crippen LogP contribution in [-0.4, -0.2) is 12.0 Å². The van der Waals surface area contributed by atoms with Gasteiger partial charge in [-0.25, -0.2) is 8.78 Å². The first-order chi connectivity index (χ1) is 9.43. The largest absolute Gasteiger partial charge is 0.271 e. The molecule has 0 spiro atoms. The molecule has 1 unspecified atom stereocenters. The highest BCUT2D eigenvalue weighted by atomic mass is 19.3. The second-order valence-electron chi connectivity index (χ2n) is 6.04. The Balaban J connectivity index is 2.06. The first kappa shape index (κ1) is 15.4. The lowest BCUT2D eigenvalue weighted by atomic mass is 9.79. The number of nitrogens with two attached hydrogens (primary N) is 1. The monoisotopic (exact) mass is 282 g/mol. The molecule has 4 heteroatoms. The maximum atomic E-state index is 13.2. The zero-order chi connectivity index (χ0) is 14.8. The van der Waals surface area contributed by atoms with Crippen LogP contribution in [0.2, 0.25) is 0 Å². The van der Waals surface area contributed by atoms with Crippen LogP contribution < -0.4 is 11.3 Å². The van der Waals surface area contributed by atoms with Crippen molar-refractivity contribution in [3.05, 3.63) is 34.9 Å². The normalized spacial score (nSPS) is 20.9. The summed E-state index contributed by atoms with van der Waals surface area (Å²) in [5.41, 5.74) is 6.63. The van der Waals surface area contributed by atoms with Crippen molar-refractivity contribution in [1.29, 1.82) is 0 Å². The van der Waals surface area contributed by atoms with Gasteiger partial charge in [-0.3, -0.25) is 11.3 Å². The van der Waals surface area contributed by atoms with Crippen LogP contribution in [0.5, 0.6) is 0 Å². The topological polar surface area (TPSA) is 38.0 Å². The van der Waals surface area contributed by atoms with Crippen molar-refractivity contribution in [2.75, 3.05) is 0 Å². The predicted octanol–water partition coefficient (Wildman–Crippen LogP) is 3.50. The van der Waals surface area contributed by atoms with Gasteiger partial charge >= 0.3 is 0 Å². The fraction of sp³-hybridized carbons (Fsp3) is 0.625. The molecule has 0 radical (unpaired) electrons. The average Bonchev–Trinajstić information content (AvgIpc) is 2.39. The average molecular weight is 282 g/mol. The Morgan fingerprint density at radius 3 is 2.30 bits per heavy atom. The summed E-state index contributed by atoms with van der Waals surface area (Å²) in [4.78, 5) is 0. The van der Waals surface area contributed by atoms with Gasteiger partial charge in [0.2, 0.25) is 5.92 Å². The van der Waals surface area contributed by atoms with Crippen molar-refractivity contribution >= 4 is 0 Å². The number of benzene rings is 1. The van der Waals surface area contributed by atoms with E-state index in [1.54, 1.807) is 0 Å². The summed E-state index contributed by atoms with van der Waals surface area (Å²) in [6.07, 6.45) is 1.88. The third kappa shape index (κ3) is 3.55. The minimum absolute atomic E-state index is 0.0113. The maximum absolute atomic E-state index is 13.2. The van der Waals surface area contributed by atoms with Crippen LogP contribution in [0, 0.1) is 19.8 Å². The number of aryl methyl sites for hydroxylation is 2. The van der Waals surface area contributed by atoms with E-state index in [0.29, 0.717) is 12.8 Å².